The van der Waals surface area contributed by atoms with Gasteiger partial charge in [0.05, 0.1) is 5.52 Å². The van der Waals surface area contributed by atoms with E-state index in [0.717, 1.165) is 0 Å². The molecule has 2 N–H and O–H groups in total. The molecule has 0 aliphatic carbocycles. The normalized spacial score (nSPS) is 10.3. The zero-order chi connectivity index (χ0) is 8.55. The molecular weight excluding hydrogens is 158 g/mol. The van der Waals surface area contributed by atoms with Crippen molar-refractivity contribution in [2.45, 2.75) is 0 Å². The van der Waals surface area contributed by atoms with Crippen molar-refractivity contribution in [3.05, 3.63) is 18.2 Å². The lowest BCUT2D eigenvalue weighted by Gasteiger charge is -1.95. The van der Waals surface area contributed by atoms with Crippen LogP contribution in [0.15, 0.2) is 18.2 Å². The highest BCUT2D eigenvalue weighted by Gasteiger charge is 1.99. The third-order valence-electron chi connectivity index (χ3n) is 1.43. The van der Waals surface area contributed by atoms with E-state index in [1.165, 1.54) is 12.1 Å². The van der Waals surface area contributed by atoms with E-state index in [2.05, 4.69) is 15.2 Å². The second-order valence-corrected chi connectivity index (χ2v) is 2.28. The first kappa shape index (κ1) is 6.78. The minimum absolute atomic E-state index is 0.101. The summed E-state index contributed by atoms with van der Waals surface area (Å²) in [5, 5.41) is 24.8. The van der Waals surface area contributed by atoms with Crippen molar-refractivity contribution in [2.24, 2.45) is 0 Å². The fraction of sp³-hybridized carbons (Fsp3) is 0. The number of phenolic OH excluding ortho intramolecular Hbond substituents is 1. The number of fused-ring (bicyclic) bond motifs is 1. The van der Waals surface area contributed by atoms with Crippen LogP contribution in [0.4, 0.5) is 0 Å². The SMILES string of the molecule is Oc1ccc2nc(O)nnc2c1. The molecule has 0 saturated carbocycles. The molecule has 0 aliphatic rings. The van der Waals surface area contributed by atoms with Crippen LogP contribution in [-0.4, -0.2) is 25.4 Å². The van der Waals surface area contributed by atoms with Gasteiger partial charge in [-0.3, -0.25) is 0 Å². The van der Waals surface area contributed by atoms with Gasteiger partial charge in [-0.05, 0) is 12.1 Å². The smallest absolute Gasteiger partial charge is 0.333 e. The maximum atomic E-state index is 9.04. The van der Waals surface area contributed by atoms with Crippen LogP contribution < -0.4 is 0 Å². The Kier molecular flexibility index (Phi) is 1.30. The van der Waals surface area contributed by atoms with Crippen LogP contribution in [0.3, 0.4) is 0 Å². The van der Waals surface area contributed by atoms with Crippen molar-refractivity contribution in [1.82, 2.24) is 15.2 Å². The van der Waals surface area contributed by atoms with Gasteiger partial charge in [0.2, 0.25) is 0 Å². The topological polar surface area (TPSA) is 79.1 Å². The predicted octanol–water partition coefficient (Wildman–Crippen LogP) is 0.436. The molecule has 12 heavy (non-hydrogen) atoms. The highest BCUT2D eigenvalue weighted by Crippen LogP contribution is 2.16. The summed E-state index contributed by atoms with van der Waals surface area (Å²) in [6.45, 7) is 0. The Morgan fingerprint density at radius 2 is 1.83 bits per heavy atom. The number of hydrogen-bond donors (Lipinski definition) is 2. The average molecular weight is 163 g/mol. The number of phenols is 1. The molecule has 2 aromatic rings. The van der Waals surface area contributed by atoms with Crippen LogP contribution in [0.1, 0.15) is 0 Å². The van der Waals surface area contributed by atoms with E-state index in [4.69, 9.17) is 10.2 Å². The Morgan fingerprint density at radius 3 is 2.67 bits per heavy atom. The number of rotatable bonds is 0. The molecule has 0 amide bonds. The van der Waals surface area contributed by atoms with Crippen LogP contribution in [0.2, 0.25) is 0 Å². The van der Waals surface area contributed by atoms with Crippen LogP contribution in [-0.2, 0) is 0 Å². The van der Waals surface area contributed by atoms with Gasteiger partial charge in [-0.1, -0.05) is 5.10 Å². The van der Waals surface area contributed by atoms with E-state index in [1.54, 1.807) is 6.07 Å². The first-order valence-electron chi connectivity index (χ1n) is 3.28. The van der Waals surface area contributed by atoms with E-state index < -0.39 is 0 Å². The van der Waals surface area contributed by atoms with Gasteiger partial charge in [0.25, 0.3) is 0 Å². The molecule has 0 radical (unpaired) electrons. The third-order valence-corrected chi connectivity index (χ3v) is 1.43. The van der Waals surface area contributed by atoms with E-state index in [1.807, 2.05) is 0 Å². The maximum absolute atomic E-state index is 9.04. The van der Waals surface area contributed by atoms with Gasteiger partial charge in [-0.15, -0.1) is 5.10 Å². The fourth-order valence-corrected chi connectivity index (χ4v) is 0.915. The Bertz CT molecular complexity index is 389. The van der Waals surface area contributed by atoms with Gasteiger partial charge in [0.15, 0.2) is 0 Å². The summed E-state index contributed by atoms with van der Waals surface area (Å²) in [6.07, 6.45) is 0. The lowest BCUT2D eigenvalue weighted by molar-refractivity contribution is 0.425. The van der Waals surface area contributed by atoms with Gasteiger partial charge >= 0.3 is 6.01 Å². The van der Waals surface area contributed by atoms with Crippen LogP contribution in [0.25, 0.3) is 11.0 Å². The Morgan fingerprint density at radius 1 is 1.00 bits per heavy atom. The summed E-state index contributed by atoms with van der Waals surface area (Å²) in [7, 11) is 0. The fourth-order valence-electron chi connectivity index (χ4n) is 0.915. The lowest BCUT2D eigenvalue weighted by Crippen LogP contribution is -1.87. The minimum Gasteiger partial charge on any atom is -0.508 e. The summed E-state index contributed by atoms with van der Waals surface area (Å²) < 4.78 is 0. The summed E-state index contributed by atoms with van der Waals surface area (Å²) in [4.78, 5) is 3.69. The molecule has 5 nitrogen and oxygen atoms in total. The monoisotopic (exact) mass is 163 g/mol. The number of nitrogens with zero attached hydrogens (tertiary/aromatic N) is 3. The maximum Gasteiger partial charge on any atom is 0.333 e. The highest BCUT2D eigenvalue weighted by molar-refractivity contribution is 5.75. The van der Waals surface area contributed by atoms with Crippen LogP contribution in [0, 0.1) is 0 Å². The largest absolute Gasteiger partial charge is 0.508 e. The molecule has 1 aromatic carbocycles. The molecule has 0 spiro atoms. The second-order valence-electron chi connectivity index (χ2n) is 2.28. The van der Waals surface area contributed by atoms with Gasteiger partial charge in [0, 0.05) is 6.07 Å². The summed E-state index contributed by atoms with van der Waals surface area (Å²) in [6, 6.07) is 4.08. The zero-order valence-corrected chi connectivity index (χ0v) is 5.97. The van der Waals surface area contributed by atoms with E-state index in [0.29, 0.717) is 11.0 Å². The van der Waals surface area contributed by atoms with Crippen LogP contribution in [0.5, 0.6) is 11.8 Å². The number of benzene rings is 1. The Labute approximate surface area is 67.3 Å². The standard InChI is InChI=1S/C7H5N3O2/c11-4-1-2-5-6(3-4)9-10-7(12)8-5/h1-3,11H,(H,8,10,12). The number of aromatic hydroxyl groups is 2. The van der Waals surface area contributed by atoms with E-state index in [-0.39, 0.29) is 11.8 Å². The van der Waals surface area contributed by atoms with Gasteiger partial charge in [0.1, 0.15) is 11.3 Å². The molecule has 0 unspecified atom stereocenters. The van der Waals surface area contributed by atoms with Crippen molar-refractivity contribution >= 4 is 11.0 Å². The molecule has 0 atom stereocenters. The molecule has 1 aromatic heterocycles. The first-order valence-corrected chi connectivity index (χ1v) is 3.28. The zero-order valence-electron chi connectivity index (χ0n) is 5.97. The van der Waals surface area contributed by atoms with Gasteiger partial charge < -0.3 is 10.2 Å². The predicted molar refractivity (Wildman–Crippen MR) is 40.7 cm³/mol. The minimum atomic E-state index is -0.367. The lowest BCUT2D eigenvalue weighted by atomic mass is 10.3. The molecule has 2 rings (SSSR count). The first-order chi connectivity index (χ1) is 5.75. The molecule has 0 aliphatic heterocycles. The van der Waals surface area contributed by atoms with E-state index in [9.17, 15) is 0 Å². The Hall–Kier alpha value is -1.91. The average Bonchev–Trinajstić information content (AvgIpc) is 2.05. The molecular formula is C7H5N3O2. The van der Waals surface area contributed by atoms with Gasteiger partial charge in [-0.25, -0.2) is 0 Å². The van der Waals surface area contributed by atoms with Crippen molar-refractivity contribution < 1.29 is 10.2 Å². The molecule has 0 saturated heterocycles. The molecule has 1 heterocycles. The number of hydrogen-bond acceptors (Lipinski definition) is 5. The van der Waals surface area contributed by atoms with Crippen molar-refractivity contribution in [3.63, 3.8) is 0 Å². The van der Waals surface area contributed by atoms with Crippen molar-refractivity contribution in [2.75, 3.05) is 0 Å². The van der Waals surface area contributed by atoms with Crippen molar-refractivity contribution in [1.29, 1.82) is 0 Å². The highest BCUT2D eigenvalue weighted by atomic mass is 16.3. The van der Waals surface area contributed by atoms with E-state index >= 15 is 0 Å². The third kappa shape index (κ3) is 1.01. The number of aromatic nitrogens is 3. The van der Waals surface area contributed by atoms with Crippen LogP contribution >= 0.6 is 0 Å². The summed E-state index contributed by atoms with van der Waals surface area (Å²) in [5.41, 5.74) is 0.952. The second kappa shape index (κ2) is 2.30. The Balaban J connectivity index is 2.79. The van der Waals surface area contributed by atoms with Gasteiger partial charge in [-0.2, -0.15) is 4.98 Å². The molecule has 0 fully saturated rings. The summed E-state index contributed by atoms with van der Waals surface area (Å²) in [5.74, 6) is 0.101. The quantitative estimate of drug-likeness (QED) is 0.589. The molecule has 60 valence electrons. The summed E-state index contributed by atoms with van der Waals surface area (Å²) >= 11 is 0. The molecule has 0 bridgehead atoms. The molecule has 5 heteroatoms. The van der Waals surface area contributed by atoms with Crippen molar-refractivity contribution in [3.8, 4) is 11.8 Å².